The number of quaternary nitrogens is 1. The highest BCUT2D eigenvalue weighted by Gasteiger charge is 2.38. The monoisotopic (exact) mass is 351 g/mol. The van der Waals surface area contributed by atoms with Gasteiger partial charge in [0.25, 0.3) is 0 Å². The van der Waals surface area contributed by atoms with Crippen molar-refractivity contribution in [3.63, 3.8) is 0 Å². The van der Waals surface area contributed by atoms with Crippen molar-refractivity contribution >= 4 is 11.8 Å². The average molecular weight is 352 g/mol. The Morgan fingerprint density at radius 1 is 0.957 bits per heavy atom. The summed E-state index contributed by atoms with van der Waals surface area (Å²) in [6, 6.07) is 0. The SMILES string of the molecule is COCC[N+](C)(C)CCOC(=O)C(C)(C)CC(C)(C)C(C)=O.[Cl-]. The molecule has 0 heterocycles. The van der Waals surface area contributed by atoms with Crippen molar-refractivity contribution < 1.29 is 36.0 Å². The third kappa shape index (κ3) is 9.28. The lowest BCUT2D eigenvalue weighted by atomic mass is 9.73. The van der Waals surface area contributed by atoms with Gasteiger partial charge in [0.2, 0.25) is 0 Å². The minimum atomic E-state index is -0.668. The highest BCUT2D eigenvalue weighted by Crippen LogP contribution is 2.35. The normalized spacial score (nSPS) is 12.5. The Morgan fingerprint density at radius 3 is 1.87 bits per heavy atom. The van der Waals surface area contributed by atoms with Gasteiger partial charge < -0.3 is 26.4 Å². The zero-order chi connectivity index (χ0) is 17.6. The second kappa shape index (κ2) is 9.60. The van der Waals surface area contributed by atoms with Gasteiger partial charge in [-0.1, -0.05) is 13.8 Å². The molecule has 0 fully saturated rings. The lowest BCUT2D eigenvalue weighted by Gasteiger charge is -2.32. The van der Waals surface area contributed by atoms with Gasteiger partial charge in [-0.15, -0.1) is 0 Å². The maximum atomic E-state index is 12.3. The summed E-state index contributed by atoms with van der Waals surface area (Å²) in [5, 5.41) is 0. The van der Waals surface area contributed by atoms with Gasteiger partial charge in [0, 0.05) is 12.5 Å². The summed E-state index contributed by atoms with van der Waals surface area (Å²) in [7, 11) is 5.84. The van der Waals surface area contributed by atoms with Crippen molar-refractivity contribution in [3.8, 4) is 0 Å². The molecule has 0 amide bonds. The van der Waals surface area contributed by atoms with Gasteiger partial charge in [-0.2, -0.15) is 0 Å². The van der Waals surface area contributed by atoms with Crippen molar-refractivity contribution in [2.24, 2.45) is 10.8 Å². The molecule has 6 heteroatoms. The number of hydrogen-bond acceptors (Lipinski definition) is 4. The molecule has 0 aliphatic heterocycles. The summed E-state index contributed by atoms with van der Waals surface area (Å²) in [5.41, 5.74) is -1.19. The lowest BCUT2D eigenvalue weighted by molar-refractivity contribution is -0.890. The molecule has 138 valence electrons. The first-order valence-corrected chi connectivity index (χ1v) is 7.83. The summed E-state index contributed by atoms with van der Waals surface area (Å²) < 4.78 is 11.3. The van der Waals surface area contributed by atoms with Gasteiger partial charge in [-0.05, 0) is 27.2 Å². The van der Waals surface area contributed by atoms with E-state index in [1.165, 1.54) is 0 Å². The minimum absolute atomic E-state index is 0. The van der Waals surface area contributed by atoms with E-state index in [0.717, 1.165) is 17.6 Å². The van der Waals surface area contributed by atoms with E-state index < -0.39 is 10.8 Å². The van der Waals surface area contributed by atoms with Crippen LogP contribution in [0.3, 0.4) is 0 Å². The fourth-order valence-corrected chi connectivity index (χ4v) is 2.33. The molecule has 0 spiro atoms. The van der Waals surface area contributed by atoms with Crippen molar-refractivity contribution in [2.45, 2.75) is 41.0 Å². The van der Waals surface area contributed by atoms with E-state index in [9.17, 15) is 9.59 Å². The number of rotatable bonds is 10. The van der Waals surface area contributed by atoms with Crippen LogP contribution in [0.5, 0.6) is 0 Å². The molecule has 0 unspecified atom stereocenters. The molecule has 0 bridgehead atoms. The Hall–Kier alpha value is -0.650. The molecular weight excluding hydrogens is 318 g/mol. The van der Waals surface area contributed by atoms with E-state index in [1.54, 1.807) is 14.0 Å². The first-order valence-electron chi connectivity index (χ1n) is 7.83. The number of likely N-dealkylation sites (N-methyl/N-ethyl adjacent to an activating group) is 1. The van der Waals surface area contributed by atoms with Gasteiger partial charge in [0.1, 0.15) is 25.5 Å². The Labute approximate surface area is 147 Å². The van der Waals surface area contributed by atoms with E-state index in [0.29, 0.717) is 19.6 Å². The number of Topliss-reactive ketones (excluding diaryl/α,β-unsaturated/α-hetero) is 1. The molecule has 0 radical (unpaired) electrons. The second-order valence-corrected chi connectivity index (χ2v) is 8.01. The molecule has 0 aliphatic carbocycles. The summed E-state index contributed by atoms with van der Waals surface area (Å²) in [5.74, 6) is -0.153. The van der Waals surface area contributed by atoms with Crippen molar-refractivity contribution in [1.82, 2.24) is 0 Å². The maximum absolute atomic E-state index is 12.3. The zero-order valence-corrected chi connectivity index (χ0v) is 16.7. The number of carbonyl (C=O) groups is 2. The van der Waals surface area contributed by atoms with Crippen molar-refractivity contribution in [1.29, 1.82) is 0 Å². The zero-order valence-electron chi connectivity index (χ0n) is 16.0. The Morgan fingerprint density at radius 2 is 1.43 bits per heavy atom. The summed E-state index contributed by atoms with van der Waals surface area (Å²) in [6.45, 7) is 11.6. The minimum Gasteiger partial charge on any atom is -1.00 e. The molecule has 0 aromatic rings. The summed E-state index contributed by atoms with van der Waals surface area (Å²) in [6.07, 6.45) is 0.482. The molecule has 0 saturated heterocycles. The van der Waals surface area contributed by atoms with Crippen molar-refractivity contribution in [2.75, 3.05) is 47.5 Å². The molecule has 5 nitrogen and oxygen atoms in total. The van der Waals surface area contributed by atoms with Crippen LogP contribution in [0.2, 0.25) is 0 Å². The van der Waals surface area contributed by atoms with E-state index in [4.69, 9.17) is 9.47 Å². The van der Waals surface area contributed by atoms with Crippen LogP contribution in [0.15, 0.2) is 0 Å². The number of hydrogen-bond donors (Lipinski definition) is 0. The van der Waals surface area contributed by atoms with Gasteiger partial charge in [0.15, 0.2) is 0 Å². The van der Waals surface area contributed by atoms with E-state index in [1.807, 2.05) is 27.7 Å². The van der Waals surface area contributed by atoms with Crippen LogP contribution in [-0.2, 0) is 19.1 Å². The molecule has 0 atom stereocenters. The quantitative estimate of drug-likeness (QED) is 0.385. The fraction of sp³-hybridized carbons (Fsp3) is 0.882. The summed E-state index contributed by atoms with van der Waals surface area (Å²) in [4.78, 5) is 23.9. The van der Waals surface area contributed by atoms with Crippen LogP contribution in [0.4, 0.5) is 0 Å². The molecule has 0 N–H and O–H groups in total. The van der Waals surface area contributed by atoms with Crippen LogP contribution < -0.4 is 12.4 Å². The number of ether oxygens (including phenoxy) is 2. The number of carbonyl (C=O) groups excluding carboxylic acids is 2. The highest BCUT2D eigenvalue weighted by atomic mass is 35.5. The van der Waals surface area contributed by atoms with Gasteiger partial charge >= 0.3 is 5.97 Å². The predicted molar refractivity (Wildman–Crippen MR) is 87.5 cm³/mol. The molecule has 0 aliphatic rings. The molecular formula is C17H34ClNO4. The topological polar surface area (TPSA) is 52.6 Å². The molecule has 23 heavy (non-hydrogen) atoms. The Kier molecular flexibility index (Phi) is 10.3. The smallest absolute Gasteiger partial charge is 0.311 e. The highest BCUT2D eigenvalue weighted by molar-refractivity contribution is 5.83. The van der Waals surface area contributed by atoms with Crippen molar-refractivity contribution in [3.05, 3.63) is 0 Å². The standard InChI is InChI=1S/C17H34NO4.ClH/c1-14(19)16(2,3)13-17(4,5)15(20)22-12-10-18(6,7)9-11-21-8;/h9-13H2,1-8H3;1H/q+1;/p-1. The maximum Gasteiger partial charge on any atom is 0.311 e. The van der Waals surface area contributed by atoms with Gasteiger partial charge in [-0.3, -0.25) is 9.59 Å². The predicted octanol–water partition coefficient (Wildman–Crippen LogP) is -0.712. The number of methoxy groups -OCH3 is 1. The Bertz CT molecular complexity index is 392. The van der Waals surface area contributed by atoms with Crippen LogP contribution in [0, 0.1) is 10.8 Å². The van der Waals surface area contributed by atoms with Crippen LogP contribution in [0.25, 0.3) is 0 Å². The molecule has 0 aromatic heterocycles. The lowest BCUT2D eigenvalue weighted by Crippen LogP contribution is -3.00. The average Bonchev–Trinajstić information content (AvgIpc) is 2.34. The first-order chi connectivity index (χ1) is 9.84. The third-order valence-corrected chi connectivity index (χ3v) is 4.22. The number of esters is 1. The largest absolute Gasteiger partial charge is 1.00 e. The number of nitrogens with zero attached hydrogens (tertiary/aromatic N) is 1. The third-order valence-electron chi connectivity index (χ3n) is 4.22. The number of ketones is 1. The Balaban J connectivity index is 0. The summed E-state index contributed by atoms with van der Waals surface area (Å²) >= 11 is 0. The number of halogens is 1. The van der Waals surface area contributed by atoms with Crippen LogP contribution in [0.1, 0.15) is 41.0 Å². The van der Waals surface area contributed by atoms with Crippen LogP contribution in [-0.4, -0.2) is 63.7 Å². The van der Waals surface area contributed by atoms with Gasteiger partial charge in [-0.25, -0.2) is 0 Å². The second-order valence-electron chi connectivity index (χ2n) is 8.01. The van der Waals surface area contributed by atoms with E-state index >= 15 is 0 Å². The van der Waals surface area contributed by atoms with E-state index in [-0.39, 0.29) is 24.2 Å². The fourth-order valence-electron chi connectivity index (χ4n) is 2.33. The van der Waals surface area contributed by atoms with E-state index in [2.05, 4.69) is 14.1 Å². The van der Waals surface area contributed by atoms with Crippen LogP contribution >= 0.6 is 0 Å². The van der Waals surface area contributed by atoms with Gasteiger partial charge in [0.05, 0.1) is 26.1 Å². The first kappa shape index (κ1) is 24.6. The molecule has 0 saturated carbocycles. The molecule has 0 aromatic carbocycles. The molecule has 0 rings (SSSR count).